The second-order valence-corrected chi connectivity index (χ2v) is 6.07. The highest BCUT2D eigenvalue weighted by Gasteiger charge is 2.07. The standard InChI is InChI=1S/C18H17BrN4O2/c1-2-23-15-9-5-4-8-14(15)21-17(23)11-20-22-18(24)12-25-16-10-6-3-7-13(16)19/h3-11H,2,12H2,1H3,(H,22,24)/b20-11+. The fraction of sp³-hybridized carbons (Fsp3) is 0.167. The number of halogens is 1. The molecule has 0 bridgehead atoms. The Morgan fingerprint density at radius 2 is 2.04 bits per heavy atom. The molecule has 1 aromatic heterocycles. The molecule has 3 aromatic rings. The first kappa shape index (κ1) is 17.2. The van der Waals surface area contributed by atoms with Crippen LogP contribution < -0.4 is 10.2 Å². The summed E-state index contributed by atoms with van der Waals surface area (Å²) in [4.78, 5) is 16.4. The number of hydrogen-bond donors (Lipinski definition) is 1. The quantitative estimate of drug-likeness (QED) is 0.509. The molecule has 7 heteroatoms. The zero-order valence-electron chi connectivity index (χ0n) is 13.6. The van der Waals surface area contributed by atoms with Crippen molar-refractivity contribution in [2.45, 2.75) is 13.5 Å². The van der Waals surface area contributed by atoms with Gasteiger partial charge in [-0.05, 0) is 47.1 Å². The molecule has 0 saturated heterocycles. The molecular weight excluding hydrogens is 384 g/mol. The Balaban J connectivity index is 1.61. The maximum atomic E-state index is 11.9. The van der Waals surface area contributed by atoms with Gasteiger partial charge in [-0.15, -0.1) is 0 Å². The molecule has 3 rings (SSSR count). The van der Waals surface area contributed by atoms with Gasteiger partial charge in [-0.25, -0.2) is 10.4 Å². The number of para-hydroxylation sites is 3. The van der Waals surface area contributed by atoms with Crippen molar-refractivity contribution in [2.75, 3.05) is 6.61 Å². The molecule has 0 aliphatic heterocycles. The molecule has 6 nitrogen and oxygen atoms in total. The third-order valence-corrected chi connectivity index (χ3v) is 4.22. The fourth-order valence-electron chi connectivity index (χ4n) is 2.42. The highest BCUT2D eigenvalue weighted by molar-refractivity contribution is 9.10. The molecule has 0 atom stereocenters. The molecule has 0 radical (unpaired) electrons. The number of fused-ring (bicyclic) bond motifs is 1. The number of nitrogens with zero attached hydrogens (tertiary/aromatic N) is 3. The minimum Gasteiger partial charge on any atom is -0.483 e. The number of nitrogens with one attached hydrogen (secondary N) is 1. The van der Waals surface area contributed by atoms with E-state index in [2.05, 4.69) is 31.4 Å². The molecule has 0 aliphatic rings. The topological polar surface area (TPSA) is 68.5 Å². The van der Waals surface area contributed by atoms with E-state index in [1.54, 1.807) is 12.3 Å². The predicted octanol–water partition coefficient (Wildman–Crippen LogP) is 3.35. The SMILES string of the molecule is CCn1c(/C=N/NC(=O)COc2ccccc2Br)nc2ccccc21. The summed E-state index contributed by atoms with van der Waals surface area (Å²) in [6, 6.07) is 15.2. The Hall–Kier alpha value is -2.67. The Labute approximate surface area is 153 Å². The van der Waals surface area contributed by atoms with Gasteiger partial charge in [0, 0.05) is 6.54 Å². The van der Waals surface area contributed by atoms with Crippen LogP contribution in [0.5, 0.6) is 5.75 Å². The third-order valence-electron chi connectivity index (χ3n) is 3.56. The van der Waals surface area contributed by atoms with Crippen LogP contribution in [0.1, 0.15) is 12.7 Å². The third kappa shape index (κ3) is 4.06. The van der Waals surface area contributed by atoms with Gasteiger partial charge in [0.15, 0.2) is 12.4 Å². The number of carbonyl (C=O) groups excluding carboxylic acids is 1. The van der Waals surface area contributed by atoms with Crippen LogP contribution in [0.2, 0.25) is 0 Å². The lowest BCUT2D eigenvalue weighted by Crippen LogP contribution is -2.24. The number of carbonyl (C=O) groups is 1. The van der Waals surface area contributed by atoms with Crippen molar-refractivity contribution in [3.63, 3.8) is 0 Å². The predicted molar refractivity (Wildman–Crippen MR) is 101 cm³/mol. The second-order valence-electron chi connectivity index (χ2n) is 5.22. The van der Waals surface area contributed by atoms with Crippen molar-refractivity contribution in [3.8, 4) is 5.75 Å². The zero-order chi connectivity index (χ0) is 17.6. The van der Waals surface area contributed by atoms with Gasteiger partial charge in [0.05, 0.1) is 21.7 Å². The van der Waals surface area contributed by atoms with Crippen molar-refractivity contribution in [1.29, 1.82) is 0 Å². The lowest BCUT2D eigenvalue weighted by atomic mass is 10.3. The van der Waals surface area contributed by atoms with Crippen LogP contribution in [-0.4, -0.2) is 28.3 Å². The molecule has 0 aliphatic carbocycles. The van der Waals surface area contributed by atoms with E-state index in [1.165, 1.54) is 0 Å². The van der Waals surface area contributed by atoms with Crippen LogP contribution in [0.15, 0.2) is 58.1 Å². The minimum absolute atomic E-state index is 0.121. The van der Waals surface area contributed by atoms with Crippen LogP contribution in [0.3, 0.4) is 0 Å². The summed E-state index contributed by atoms with van der Waals surface area (Å²) in [5.41, 5.74) is 4.39. The van der Waals surface area contributed by atoms with Crippen molar-refractivity contribution in [2.24, 2.45) is 5.10 Å². The molecule has 1 amide bonds. The summed E-state index contributed by atoms with van der Waals surface area (Å²) in [7, 11) is 0. The average Bonchev–Trinajstić information content (AvgIpc) is 2.98. The van der Waals surface area contributed by atoms with Crippen molar-refractivity contribution in [3.05, 3.63) is 58.8 Å². The van der Waals surface area contributed by atoms with Gasteiger partial charge in [0.25, 0.3) is 5.91 Å². The summed E-state index contributed by atoms with van der Waals surface area (Å²) in [5, 5.41) is 3.98. The Morgan fingerprint density at radius 1 is 1.28 bits per heavy atom. The number of aromatic nitrogens is 2. The number of benzene rings is 2. The molecule has 128 valence electrons. The smallest absolute Gasteiger partial charge is 0.277 e. The number of rotatable bonds is 6. The molecule has 0 fully saturated rings. The van der Waals surface area contributed by atoms with Crippen LogP contribution >= 0.6 is 15.9 Å². The fourth-order valence-corrected chi connectivity index (χ4v) is 2.82. The van der Waals surface area contributed by atoms with E-state index >= 15 is 0 Å². The molecule has 1 heterocycles. The maximum absolute atomic E-state index is 11.9. The van der Waals surface area contributed by atoms with E-state index in [9.17, 15) is 4.79 Å². The van der Waals surface area contributed by atoms with Gasteiger partial charge >= 0.3 is 0 Å². The zero-order valence-corrected chi connectivity index (χ0v) is 15.2. The monoisotopic (exact) mass is 400 g/mol. The first-order valence-electron chi connectivity index (χ1n) is 7.83. The van der Waals surface area contributed by atoms with Crippen molar-refractivity contribution < 1.29 is 9.53 Å². The minimum atomic E-state index is -0.342. The molecular formula is C18H17BrN4O2. The molecule has 0 saturated carbocycles. The number of aryl methyl sites for hydroxylation is 1. The highest BCUT2D eigenvalue weighted by atomic mass is 79.9. The van der Waals surface area contributed by atoms with Crippen LogP contribution in [0.25, 0.3) is 11.0 Å². The van der Waals surface area contributed by atoms with Gasteiger partial charge in [-0.1, -0.05) is 24.3 Å². The van der Waals surface area contributed by atoms with Crippen molar-refractivity contribution in [1.82, 2.24) is 15.0 Å². The molecule has 2 aromatic carbocycles. The van der Waals surface area contributed by atoms with Gasteiger partial charge in [-0.2, -0.15) is 5.10 Å². The molecule has 25 heavy (non-hydrogen) atoms. The van der Waals surface area contributed by atoms with Crippen LogP contribution in [0, 0.1) is 0 Å². The maximum Gasteiger partial charge on any atom is 0.277 e. The van der Waals surface area contributed by atoms with Gasteiger partial charge in [-0.3, -0.25) is 4.79 Å². The summed E-state index contributed by atoms with van der Waals surface area (Å²) >= 11 is 3.36. The summed E-state index contributed by atoms with van der Waals surface area (Å²) in [6.45, 7) is 2.68. The van der Waals surface area contributed by atoms with E-state index in [1.807, 2.05) is 54.0 Å². The molecule has 1 N–H and O–H groups in total. The summed E-state index contributed by atoms with van der Waals surface area (Å²) < 4.78 is 8.27. The van der Waals surface area contributed by atoms with Gasteiger partial charge in [0.2, 0.25) is 0 Å². The van der Waals surface area contributed by atoms with E-state index in [4.69, 9.17) is 4.74 Å². The first-order valence-corrected chi connectivity index (χ1v) is 8.63. The van der Waals surface area contributed by atoms with E-state index in [0.29, 0.717) is 11.6 Å². The Bertz CT molecular complexity index is 920. The largest absolute Gasteiger partial charge is 0.483 e. The Morgan fingerprint density at radius 3 is 2.84 bits per heavy atom. The van der Waals surface area contributed by atoms with E-state index in [0.717, 1.165) is 22.1 Å². The van der Waals surface area contributed by atoms with E-state index < -0.39 is 0 Å². The molecule has 0 unspecified atom stereocenters. The second kappa shape index (κ2) is 7.94. The normalized spacial score (nSPS) is 11.1. The number of amides is 1. The summed E-state index contributed by atoms with van der Waals surface area (Å²) in [6.07, 6.45) is 1.54. The molecule has 0 spiro atoms. The van der Waals surface area contributed by atoms with Crippen LogP contribution in [-0.2, 0) is 11.3 Å². The van der Waals surface area contributed by atoms with Gasteiger partial charge < -0.3 is 9.30 Å². The lowest BCUT2D eigenvalue weighted by molar-refractivity contribution is -0.123. The Kier molecular flexibility index (Phi) is 5.45. The van der Waals surface area contributed by atoms with E-state index in [-0.39, 0.29) is 12.5 Å². The van der Waals surface area contributed by atoms with Crippen LogP contribution in [0.4, 0.5) is 0 Å². The lowest BCUT2D eigenvalue weighted by Gasteiger charge is -2.06. The number of imidazole rings is 1. The van der Waals surface area contributed by atoms with Gasteiger partial charge in [0.1, 0.15) is 5.75 Å². The number of hydrazone groups is 1. The summed E-state index contributed by atoms with van der Waals surface area (Å²) in [5.74, 6) is 0.955. The van der Waals surface area contributed by atoms with Crippen molar-refractivity contribution >= 4 is 39.1 Å². The first-order chi connectivity index (χ1) is 12.2. The number of hydrogen-bond acceptors (Lipinski definition) is 4. The average molecular weight is 401 g/mol. The number of ether oxygens (including phenoxy) is 1. The highest BCUT2D eigenvalue weighted by Crippen LogP contribution is 2.23.